The summed E-state index contributed by atoms with van der Waals surface area (Å²) in [5, 5.41) is 0. The van der Waals surface area contributed by atoms with Crippen LogP contribution in [0.3, 0.4) is 0 Å². The Kier molecular flexibility index (Phi) is 12.1. The van der Waals surface area contributed by atoms with Crippen LogP contribution in [-0.2, 0) is 37.5 Å². The lowest BCUT2D eigenvalue weighted by molar-refractivity contribution is -0.756. The number of unbranched alkanes of at least 4 members (excludes halogenated alkanes) is 1. The van der Waals surface area contributed by atoms with Crippen molar-refractivity contribution in [2.75, 3.05) is 13.1 Å². The lowest BCUT2D eigenvalue weighted by atomic mass is 10.1. The van der Waals surface area contributed by atoms with Gasteiger partial charge in [0.25, 0.3) is 0 Å². The minimum absolute atomic E-state index is 0.0232. The molecule has 0 fully saturated rings. The van der Waals surface area contributed by atoms with Crippen LogP contribution >= 0.6 is 0 Å². The Hall–Kier alpha value is -3.53. The van der Waals surface area contributed by atoms with E-state index in [0.29, 0.717) is 36.1 Å². The van der Waals surface area contributed by atoms with E-state index in [1.807, 2.05) is 69.3 Å². The number of amides is 1. The molecule has 0 bridgehead atoms. The van der Waals surface area contributed by atoms with Gasteiger partial charge in [-0.05, 0) is 62.4 Å². The quantitative estimate of drug-likeness (QED) is 0.129. The molecular formula is C34H45N2O6S+. The second-order valence-corrected chi connectivity index (χ2v) is 13.5. The summed E-state index contributed by atoms with van der Waals surface area (Å²) >= 11 is 0. The number of hydrogen-bond donors (Lipinski definition) is 1. The first-order valence-corrected chi connectivity index (χ1v) is 16.2. The second-order valence-electron chi connectivity index (χ2n) is 11.5. The minimum Gasteiger partial charge on any atom is -0.456 e. The molecule has 9 heteroatoms. The number of rotatable bonds is 14. The fourth-order valence-corrected chi connectivity index (χ4v) is 8.13. The first-order valence-electron chi connectivity index (χ1n) is 14.8. The van der Waals surface area contributed by atoms with Gasteiger partial charge in [-0.15, -0.1) is 3.89 Å². The van der Waals surface area contributed by atoms with Gasteiger partial charge in [-0.3, -0.25) is 0 Å². The van der Waals surface area contributed by atoms with Gasteiger partial charge < -0.3 is 15.2 Å². The third kappa shape index (κ3) is 8.10. The first-order chi connectivity index (χ1) is 20.4. The fourth-order valence-electron chi connectivity index (χ4n) is 5.60. The molecule has 0 saturated heterocycles. The van der Waals surface area contributed by atoms with Crippen LogP contribution in [-0.4, -0.2) is 43.5 Å². The Labute approximate surface area is 256 Å². The molecule has 8 nitrogen and oxygen atoms in total. The van der Waals surface area contributed by atoms with Crippen molar-refractivity contribution in [3.05, 3.63) is 101 Å². The maximum absolute atomic E-state index is 15.1. The number of benzene rings is 3. The van der Waals surface area contributed by atoms with Crippen molar-refractivity contribution in [1.82, 2.24) is 0 Å². The monoisotopic (exact) mass is 609 g/mol. The number of nitrogens with two attached hydrogens (primary N) is 1. The van der Waals surface area contributed by atoms with E-state index >= 15 is 8.42 Å². The summed E-state index contributed by atoms with van der Waals surface area (Å²) in [6.07, 6.45) is 0.0337. The number of nitrogens with zero attached hydrogens (tertiary/aromatic N) is 1. The summed E-state index contributed by atoms with van der Waals surface area (Å²) in [6, 6.07) is 20.4. The molecule has 3 rings (SSSR count). The molecule has 0 saturated carbocycles. The molecular weight excluding hydrogens is 564 g/mol. The molecule has 0 radical (unpaired) electrons. The van der Waals surface area contributed by atoms with E-state index < -0.39 is 32.0 Å². The number of carbonyl (C=O) groups is 2. The third-order valence-corrected chi connectivity index (χ3v) is 9.94. The molecule has 43 heavy (non-hydrogen) atoms. The number of aryl methyl sites for hydroxylation is 3. The van der Waals surface area contributed by atoms with Gasteiger partial charge in [0.1, 0.15) is 24.7 Å². The number of ether oxygens (including phenoxy) is 2. The van der Waals surface area contributed by atoms with E-state index in [2.05, 4.69) is 0 Å². The van der Waals surface area contributed by atoms with Crippen molar-refractivity contribution in [2.24, 2.45) is 11.7 Å². The molecule has 0 aliphatic heterocycles. The highest BCUT2D eigenvalue weighted by molar-refractivity contribution is 7.86. The standard InChI is InChI=1S/C34H45N2O6S/c1-25(2)22-36(34(38)42-24-30-16-10-7-11-17-30,43(39,40)32-27(4)20-26(3)21-28(32)5)31(18-12-13-19-35)33(37)41-23-29-14-8-6-9-15-29/h6-11,14-17,20-21,25,31H,12-13,18-19,22-24,35H2,1-5H3/q+1/t31-,36?/m0/s1. The highest BCUT2D eigenvalue weighted by Crippen LogP contribution is 2.37. The zero-order valence-electron chi connectivity index (χ0n) is 25.9. The Morgan fingerprint density at radius 3 is 1.81 bits per heavy atom. The Morgan fingerprint density at radius 2 is 1.33 bits per heavy atom. The molecule has 1 amide bonds. The van der Waals surface area contributed by atoms with Crippen LogP contribution in [0.2, 0.25) is 0 Å². The van der Waals surface area contributed by atoms with Crippen LogP contribution in [0.5, 0.6) is 0 Å². The predicted octanol–water partition coefficient (Wildman–Crippen LogP) is 6.35. The third-order valence-electron chi connectivity index (χ3n) is 7.37. The average molecular weight is 610 g/mol. The van der Waals surface area contributed by atoms with Gasteiger partial charge >= 0.3 is 22.1 Å². The predicted molar refractivity (Wildman–Crippen MR) is 167 cm³/mol. The summed E-state index contributed by atoms with van der Waals surface area (Å²) < 4.78 is 40.5. The maximum atomic E-state index is 15.1. The normalized spacial score (nSPS) is 13.7. The highest BCUT2D eigenvalue weighted by Gasteiger charge is 2.61. The van der Waals surface area contributed by atoms with Crippen molar-refractivity contribution in [3.8, 4) is 0 Å². The molecule has 1 unspecified atom stereocenters. The van der Waals surface area contributed by atoms with Crippen molar-refractivity contribution >= 4 is 22.1 Å². The number of hydrogen-bond acceptors (Lipinski definition) is 7. The largest absolute Gasteiger partial charge is 0.533 e. The number of carbonyl (C=O) groups excluding carboxylic acids is 2. The van der Waals surface area contributed by atoms with Crippen molar-refractivity contribution in [3.63, 3.8) is 0 Å². The van der Waals surface area contributed by atoms with Crippen LogP contribution in [0.25, 0.3) is 0 Å². The number of quaternary nitrogens is 1. The zero-order valence-corrected chi connectivity index (χ0v) is 26.7. The summed E-state index contributed by atoms with van der Waals surface area (Å²) in [5.74, 6) is -1.08. The molecule has 2 N–H and O–H groups in total. The van der Waals surface area contributed by atoms with Crippen molar-refractivity contribution in [2.45, 2.75) is 78.0 Å². The molecule has 2 atom stereocenters. The molecule has 0 aliphatic rings. The van der Waals surface area contributed by atoms with Gasteiger partial charge in [-0.1, -0.05) is 92.2 Å². The van der Waals surface area contributed by atoms with E-state index in [1.54, 1.807) is 38.1 Å². The summed E-state index contributed by atoms with van der Waals surface area (Å²) in [5.41, 5.74) is 9.12. The van der Waals surface area contributed by atoms with Gasteiger partial charge in [0.2, 0.25) is 6.04 Å². The number of esters is 1. The van der Waals surface area contributed by atoms with E-state index in [9.17, 15) is 9.59 Å². The second kappa shape index (κ2) is 15.3. The van der Waals surface area contributed by atoms with Gasteiger partial charge in [0, 0.05) is 12.3 Å². The molecule has 0 aliphatic carbocycles. The van der Waals surface area contributed by atoms with Crippen LogP contribution in [0.15, 0.2) is 77.7 Å². The number of sulfonamides is 1. The van der Waals surface area contributed by atoms with E-state index in [0.717, 1.165) is 11.1 Å². The topological polar surface area (TPSA) is 113 Å². The lowest BCUT2D eigenvalue weighted by Crippen LogP contribution is -2.66. The van der Waals surface area contributed by atoms with Crippen LogP contribution < -0.4 is 5.73 Å². The average Bonchev–Trinajstić information content (AvgIpc) is 2.96. The van der Waals surface area contributed by atoms with E-state index in [1.165, 1.54) is 0 Å². The van der Waals surface area contributed by atoms with Crippen LogP contribution in [0, 0.1) is 26.7 Å². The molecule has 232 valence electrons. The first kappa shape index (κ1) is 34.0. The molecule has 0 heterocycles. The van der Waals surface area contributed by atoms with Gasteiger partial charge in [0.05, 0.1) is 0 Å². The lowest BCUT2D eigenvalue weighted by Gasteiger charge is -2.39. The fraction of sp³-hybridized carbons (Fsp3) is 0.412. The van der Waals surface area contributed by atoms with Crippen LogP contribution in [0.1, 0.15) is 60.9 Å². The summed E-state index contributed by atoms with van der Waals surface area (Å²) in [6.45, 7) is 8.93. The van der Waals surface area contributed by atoms with E-state index in [-0.39, 0.29) is 37.0 Å². The molecule has 3 aromatic carbocycles. The van der Waals surface area contributed by atoms with Crippen molar-refractivity contribution in [1.29, 1.82) is 0 Å². The summed E-state index contributed by atoms with van der Waals surface area (Å²) in [4.78, 5) is 28.6. The van der Waals surface area contributed by atoms with Gasteiger partial charge in [0.15, 0.2) is 0 Å². The minimum atomic E-state index is -4.57. The highest BCUT2D eigenvalue weighted by atomic mass is 32.2. The van der Waals surface area contributed by atoms with Crippen LogP contribution in [0.4, 0.5) is 4.79 Å². The Balaban J connectivity index is 2.24. The zero-order chi connectivity index (χ0) is 31.6. The SMILES string of the molecule is Cc1cc(C)c(S(=O)(=O)[N+](CC(C)C)(C(=O)OCc2ccccc2)[C@@H](CCCCN)C(=O)OCc2ccccc2)c(C)c1. The molecule has 3 aromatic rings. The van der Waals surface area contributed by atoms with Crippen molar-refractivity contribution < 1.29 is 31.4 Å². The molecule has 0 spiro atoms. The van der Waals surface area contributed by atoms with Gasteiger partial charge in [-0.25, -0.2) is 4.79 Å². The Bertz CT molecular complexity index is 1450. The van der Waals surface area contributed by atoms with Gasteiger partial charge in [-0.2, -0.15) is 13.2 Å². The Morgan fingerprint density at radius 1 is 0.814 bits per heavy atom. The molecule has 0 aromatic heterocycles. The maximum Gasteiger partial charge on any atom is 0.533 e. The van der Waals surface area contributed by atoms with E-state index in [4.69, 9.17) is 15.2 Å². The summed E-state index contributed by atoms with van der Waals surface area (Å²) in [7, 11) is -4.57. The smallest absolute Gasteiger partial charge is 0.456 e.